The fourth-order valence-corrected chi connectivity index (χ4v) is 2.77. The van der Waals surface area contributed by atoms with E-state index in [1.54, 1.807) is 6.21 Å². The van der Waals surface area contributed by atoms with Crippen molar-refractivity contribution in [2.75, 3.05) is 51.4 Å². The molecule has 0 aliphatic carbocycles. The third-order valence-corrected chi connectivity index (χ3v) is 4.55. The van der Waals surface area contributed by atoms with Crippen LogP contribution in [0.4, 0.5) is 5.95 Å². The Kier molecular flexibility index (Phi) is 7.27. The molecule has 150 valence electrons. The number of benzene rings is 1. The molecule has 0 unspecified atom stereocenters. The Morgan fingerprint density at radius 3 is 2.75 bits per heavy atom. The number of aliphatic imine (C=N–C) groups is 1. The summed E-state index contributed by atoms with van der Waals surface area (Å²) in [5.41, 5.74) is 3.71. The third kappa shape index (κ3) is 5.71. The SMILES string of the molecule is CNCCOc1nc(C=NCc2ccc(C)c(C)c2)nc(N2CCOCC2)n1. The molecule has 1 aliphatic rings. The number of hydrogen-bond acceptors (Lipinski definition) is 8. The van der Waals surface area contributed by atoms with Crippen molar-refractivity contribution in [2.45, 2.75) is 20.4 Å². The van der Waals surface area contributed by atoms with Gasteiger partial charge in [0.2, 0.25) is 5.95 Å². The molecule has 1 N–H and O–H groups in total. The van der Waals surface area contributed by atoms with Crippen LogP contribution in [-0.4, -0.2) is 67.7 Å². The molecule has 2 heterocycles. The minimum atomic E-state index is 0.319. The number of aromatic nitrogens is 3. The van der Waals surface area contributed by atoms with Crippen LogP contribution >= 0.6 is 0 Å². The number of likely N-dealkylation sites (N-methyl/N-ethyl adjacent to an activating group) is 1. The van der Waals surface area contributed by atoms with E-state index in [0.717, 1.165) is 25.2 Å². The molecule has 3 rings (SSSR count). The molecule has 0 bridgehead atoms. The van der Waals surface area contributed by atoms with Crippen molar-refractivity contribution in [1.29, 1.82) is 0 Å². The number of nitrogens with one attached hydrogen (secondary N) is 1. The van der Waals surface area contributed by atoms with Crippen LogP contribution in [0.2, 0.25) is 0 Å². The van der Waals surface area contributed by atoms with Crippen LogP contribution in [-0.2, 0) is 11.3 Å². The standard InChI is InChI=1S/C20H28N6O2/c1-15-4-5-17(12-16(15)2)13-22-14-18-23-19(26-7-10-27-11-8-26)25-20(24-18)28-9-6-21-3/h4-5,12,14,21H,6-11,13H2,1-3H3. The van der Waals surface area contributed by atoms with Gasteiger partial charge >= 0.3 is 6.01 Å². The van der Waals surface area contributed by atoms with Gasteiger partial charge in [0.1, 0.15) is 6.61 Å². The van der Waals surface area contributed by atoms with Crippen molar-refractivity contribution < 1.29 is 9.47 Å². The predicted octanol–water partition coefficient (Wildman–Crippen LogP) is 1.54. The lowest BCUT2D eigenvalue weighted by molar-refractivity contribution is 0.122. The summed E-state index contributed by atoms with van der Waals surface area (Å²) in [4.78, 5) is 20.0. The fourth-order valence-electron chi connectivity index (χ4n) is 2.77. The van der Waals surface area contributed by atoms with E-state index in [9.17, 15) is 0 Å². The maximum Gasteiger partial charge on any atom is 0.321 e. The van der Waals surface area contributed by atoms with Crippen LogP contribution in [0.3, 0.4) is 0 Å². The maximum absolute atomic E-state index is 5.67. The van der Waals surface area contributed by atoms with Gasteiger partial charge in [0, 0.05) is 19.6 Å². The molecule has 0 saturated carbocycles. The van der Waals surface area contributed by atoms with Crippen molar-refractivity contribution in [3.05, 3.63) is 40.7 Å². The number of anilines is 1. The summed E-state index contributed by atoms with van der Waals surface area (Å²) >= 11 is 0. The Balaban J connectivity index is 1.75. The highest BCUT2D eigenvalue weighted by Crippen LogP contribution is 2.14. The molecule has 1 aliphatic heterocycles. The van der Waals surface area contributed by atoms with Crippen LogP contribution in [0, 0.1) is 13.8 Å². The topological polar surface area (TPSA) is 84.8 Å². The monoisotopic (exact) mass is 384 g/mol. The maximum atomic E-state index is 5.67. The fraction of sp³-hybridized carbons (Fsp3) is 0.500. The molecule has 2 aromatic rings. The second-order valence-corrected chi connectivity index (χ2v) is 6.72. The highest BCUT2D eigenvalue weighted by Gasteiger charge is 2.16. The lowest BCUT2D eigenvalue weighted by Crippen LogP contribution is -2.37. The summed E-state index contributed by atoms with van der Waals surface area (Å²) in [6.07, 6.45) is 1.69. The summed E-state index contributed by atoms with van der Waals surface area (Å²) in [6.45, 7) is 8.83. The largest absolute Gasteiger partial charge is 0.462 e. The first-order valence-electron chi connectivity index (χ1n) is 9.58. The Morgan fingerprint density at radius 1 is 1.18 bits per heavy atom. The van der Waals surface area contributed by atoms with Gasteiger partial charge in [-0.25, -0.2) is 0 Å². The Hall–Kier alpha value is -2.58. The zero-order valence-corrected chi connectivity index (χ0v) is 16.8. The average molecular weight is 384 g/mol. The van der Waals surface area contributed by atoms with Gasteiger partial charge in [-0.1, -0.05) is 18.2 Å². The van der Waals surface area contributed by atoms with Gasteiger partial charge in [0.15, 0.2) is 5.82 Å². The Bertz CT molecular complexity index is 805. The van der Waals surface area contributed by atoms with Gasteiger partial charge in [-0.3, -0.25) is 4.99 Å². The molecule has 1 fully saturated rings. The van der Waals surface area contributed by atoms with E-state index in [2.05, 4.69) is 62.2 Å². The van der Waals surface area contributed by atoms with Gasteiger partial charge in [-0.15, -0.1) is 0 Å². The second kappa shape index (κ2) is 10.1. The van der Waals surface area contributed by atoms with E-state index in [0.29, 0.717) is 44.1 Å². The number of aryl methyl sites for hydroxylation is 2. The summed E-state index contributed by atoms with van der Waals surface area (Å²) in [5, 5.41) is 3.04. The van der Waals surface area contributed by atoms with E-state index in [1.807, 2.05) is 7.05 Å². The van der Waals surface area contributed by atoms with Crippen molar-refractivity contribution in [2.24, 2.45) is 4.99 Å². The average Bonchev–Trinajstić information content (AvgIpc) is 2.71. The summed E-state index contributed by atoms with van der Waals surface area (Å²) in [7, 11) is 1.88. The quantitative estimate of drug-likeness (QED) is 0.546. The summed E-state index contributed by atoms with van der Waals surface area (Å²) in [5.74, 6) is 1.10. The minimum Gasteiger partial charge on any atom is -0.462 e. The molecule has 0 atom stereocenters. The molecule has 0 radical (unpaired) electrons. The number of morpholine rings is 1. The number of hydrogen-bond donors (Lipinski definition) is 1. The minimum absolute atomic E-state index is 0.319. The molecule has 28 heavy (non-hydrogen) atoms. The van der Waals surface area contributed by atoms with Gasteiger partial charge in [-0.05, 0) is 37.6 Å². The zero-order valence-electron chi connectivity index (χ0n) is 16.8. The smallest absolute Gasteiger partial charge is 0.321 e. The molecule has 8 heteroatoms. The number of ether oxygens (including phenoxy) is 2. The van der Waals surface area contributed by atoms with Crippen molar-refractivity contribution in [3.63, 3.8) is 0 Å². The molecular formula is C20H28N6O2. The van der Waals surface area contributed by atoms with Crippen LogP contribution < -0.4 is 15.0 Å². The lowest BCUT2D eigenvalue weighted by Gasteiger charge is -2.26. The van der Waals surface area contributed by atoms with Crippen LogP contribution in [0.25, 0.3) is 0 Å². The Labute approximate surface area is 166 Å². The predicted molar refractivity (Wildman–Crippen MR) is 109 cm³/mol. The van der Waals surface area contributed by atoms with Crippen molar-refractivity contribution >= 4 is 12.2 Å². The third-order valence-electron chi connectivity index (χ3n) is 4.55. The number of rotatable bonds is 8. The van der Waals surface area contributed by atoms with Crippen LogP contribution in [0.1, 0.15) is 22.5 Å². The first kappa shape index (κ1) is 20.2. The van der Waals surface area contributed by atoms with Crippen LogP contribution in [0.15, 0.2) is 23.2 Å². The number of nitrogens with zero attached hydrogens (tertiary/aromatic N) is 5. The molecule has 0 amide bonds. The van der Waals surface area contributed by atoms with E-state index >= 15 is 0 Å². The van der Waals surface area contributed by atoms with E-state index in [-0.39, 0.29) is 0 Å². The Morgan fingerprint density at radius 2 is 2.00 bits per heavy atom. The molecule has 1 saturated heterocycles. The van der Waals surface area contributed by atoms with Crippen molar-refractivity contribution in [3.8, 4) is 6.01 Å². The highest BCUT2D eigenvalue weighted by molar-refractivity contribution is 5.75. The first-order chi connectivity index (χ1) is 13.7. The molecular weight excluding hydrogens is 356 g/mol. The molecule has 1 aromatic heterocycles. The van der Waals surface area contributed by atoms with E-state index in [4.69, 9.17) is 9.47 Å². The molecule has 0 spiro atoms. The zero-order chi connectivity index (χ0) is 19.8. The lowest BCUT2D eigenvalue weighted by atomic mass is 10.1. The molecule has 8 nitrogen and oxygen atoms in total. The normalized spacial score (nSPS) is 14.6. The van der Waals surface area contributed by atoms with Gasteiger partial charge in [-0.2, -0.15) is 15.0 Å². The van der Waals surface area contributed by atoms with Crippen LogP contribution in [0.5, 0.6) is 6.01 Å². The van der Waals surface area contributed by atoms with Crippen molar-refractivity contribution in [1.82, 2.24) is 20.3 Å². The summed E-state index contributed by atoms with van der Waals surface area (Å²) < 4.78 is 11.1. The van der Waals surface area contributed by atoms with Gasteiger partial charge < -0.3 is 19.7 Å². The first-order valence-corrected chi connectivity index (χ1v) is 9.58. The van der Waals surface area contributed by atoms with E-state index in [1.165, 1.54) is 11.1 Å². The second-order valence-electron chi connectivity index (χ2n) is 6.72. The molecule has 1 aromatic carbocycles. The van der Waals surface area contributed by atoms with E-state index < -0.39 is 0 Å². The van der Waals surface area contributed by atoms with Gasteiger partial charge in [0.25, 0.3) is 0 Å². The highest BCUT2D eigenvalue weighted by atomic mass is 16.5. The van der Waals surface area contributed by atoms with Gasteiger partial charge in [0.05, 0.1) is 26.0 Å². The summed E-state index contributed by atoms with van der Waals surface area (Å²) in [6, 6.07) is 6.69.